The molecule has 4 fully saturated rings. The number of nitrogens with zero attached hydrogens (tertiary/aromatic N) is 3. The van der Waals surface area contributed by atoms with Gasteiger partial charge in [0.2, 0.25) is 11.8 Å². The number of piperidine rings is 2. The standard InChI is InChI=1S/C24H33N3O3.C18H29N3O3S/c1-15-21-12-17-4-5-18(28)13-19(17)24(15,9-11-27(21)14-16-2-3-16)8-10-25-23(30)20-6-7-22(29)26-20;1-13-17-11-14-5-6-15(22)12-16(14)18(13,8-10-21(17)4)7-9-19-25(23,24)20(2)3/h4-5,13,15-16,20-21,28H,2-3,6-12,14H2,1H3,(H,25,30)(H,26,29);5-6,12-13,17,19,22H,7-11H2,1-4H3/t15-,20-,21+,24+;13-,17+,18+/m00/s1. The van der Waals surface area contributed by atoms with Crippen molar-refractivity contribution in [3.63, 3.8) is 0 Å². The van der Waals surface area contributed by atoms with Gasteiger partial charge in [-0.15, -0.1) is 0 Å². The first-order valence-electron chi connectivity index (χ1n) is 20.5. The fourth-order valence-electron chi connectivity index (χ4n) is 10.9. The summed E-state index contributed by atoms with van der Waals surface area (Å²) in [7, 11) is 1.81. The Morgan fingerprint density at radius 2 is 1.47 bits per heavy atom. The zero-order valence-electron chi connectivity index (χ0n) is 33.3. The van der Waals surface area contributed by atoms with Gasteiger partial charge in [-0.3, -0.25) is 14.5 Å². The van der Waals surface area contributed by atoms with Gasteiger partial charge in [-0.25, -0.2) is 4.72 Å². The summed E-state index contributed by atoms with van der Waals surface area (Å²) in [5.41, 5.74) is 4.99. The second-order valence-corrected chi connectivity index (χ2v) is 19.6. The Morgan fingerprint density at radius 1 is 0.891 bits per heavy atom. The van der Waals surface area contributed by atoms with Crippen LogP contribution in [0.2, 0.25) is 0 Å². The number of aromatic hydroxyl groups is 2. The summed E-state index contributed by atoms with van der Waals surface area (Å²) in [4.78, 5) is 29.0. The summed E-state index contributed by atoms with van der Waals surface area (Å²) in [6.45, 7) is 8.94. The molecule has 12 nitrogen and oxygen atoms in total. The highest BCUT2D eigenvalue weighted by Crippen LogP contribution is 2.53. The lowest BCUT2D eigenvalue weighted by Gasteiger charge is -2.56. The van der Waals surface area contributed by atoms with Crippen molar-refractivity contribution in [1.29, 1.82) is 0 Å². The van der Waals surface area contributed by atoms with Gasteiger partial charge in [-0.05, 0) is 142 Å². The first-order valence-corrected chi connectivity index (χ1v) is 21.9. The fraction of sp³-hybridized carbons (Fsp3) is 0.667. The van der Waals surface area contributed by atoms with Gasteiger partial charge in [0.1, 0.15) is 17.5 Å². The highest BCUT2D eigenvalue weighted by molar-refractivity contribution is 7.87. The average Bonchev–Trinajstić information content (AvgIpc) is 3.86. The monoisotopic (exact) mass is 778 g/mol. The molecule has 2 aromatic carbocycles. The molecule has 13 heteroatoms. The number of nitrogens with one attached hydrogen (secondary N) is 3. The smallest absolute Gasteiger partial charge is 0.278 e. The molecule has 2 aromatic rings. The third kappa shape index (κ3) is 7.88. The number of phenolic OH excluding ortho intramolecular Hbond substituents is 2. The van der Waals surface area contributed by atoms with Gasteiger partial charge < -0.3 is 25.7 Å². The largest absolute Gasteiger partial charge is 0.508 e. The van der Waals surface area contributed by atoms with Crippen LogP contribution in [0.1, 0.15) is 87.5 Å². The predicted molar refractivity (Wildman–Crippen MR) is 213 cm³/mol. The third-order valence-corrected chi connectivity index (χ3v) is 16.0. The number of likely N-dealkylation sites (N-methyl/N-ethyl adjacent to an activating group) is 1. The molecule has 0 aromatic heterocycles. The maximum absolute atomic E-state index is 12.5. The predicted octanol–water partition coefficient (Wildman–Crippen LogP) is 3.40. The number of carbonyl (C=O) groups is 2. The van der Waals surface area contributed by atoms with E-state index in [1.54, 1.807) is 6.07 Å². The Balaban J connectivity index is 0.000000172. The van der Waals surface area contributed by atoms with Crippen LogP contribution in [0.4, 0.5) is 0 Å². The van der Waals surface area contributed by atoms with Crippen molar-refractivity contribution in [2.24, 2.45) is 17.8 Å². The minimum atomic E-state index is -3.42. The SMILES string of the molecule is C[C@H]1[C@H]2Cc3ccc(O)cc3[C@]1(CCNC(=O)[C@@H]1CCC(=O)N1)CCN2CC1CC1.C[C@H]1[C@H]2Cc3ccc(O)cc3[C@]1(CCNS(=O)(=O)N(C)C)CCN2C. The van der Waals surface area contributed by atoms with Crippen LogP contribution < -0.4 is 15.4 Å². The second kappa shape index (κ2) is 15.6. The Hall–Kier alpha value is -3.23. The molecule has 5 N–H and O–H groups in total. The highest BCUT2D eigenvalue weighted by atomic mass is 32.2. The van der Waals surface area contributed by atoms with Crippen molar-refractivity contribution < 1.29 is 28.2 Å². The molecule has 7 atom stereocenters. The molecule has 1 saturated carbocycles. The van der Waals surface area contributed by atoms with Crippen LogP contribution in [-0.4, -0.2) is 117 Å². The zero-order chi connectivity index (χ0) is 39.3. The summed E-state index contributed by atoms with van der Waals surface area (Å²) >= 11 is 0. The van der Waals surface area contributed by atoms with E-state index >= 15 is 0 Å². The van der Waals surface area contributed by atoms with E-state index in [9.17, 15) is 28.2 Å². The Kier molecular flexibility index (Phi) is 11.3. The lowest BCUT2D eigenvalue weighted by atomic mass is 9.56. The van der Waals surface area contributed by atoms with Crippen LogP contribution in [0, 0.1) is 17.8 Å². The van der Waals surface area contributed by atoms with E-state index < -0.39 is 10.2 Å². The number of amides is 2. The second-order valence-electron chi connectivity index (χ2n) is 17.7. The van der Waals surface area contributed by atoms with Crippen LogP contribution in [-0.2, 0) is 43.5 Å². The number of fused-ring (bicyclic) bond motifs is 8. The van der Waals surface area contributed by atoms with Crippen LogP contribution in [0.3, 0.4) is 0 Å². The summed E-state index contributed by atoms with van der Waals surface area (Å²) in [6.07, 6.45) is 9.43. The van der Waals surface area contributed by atoms with Gasteiger partial charge in [-0.1, -0.05) is 26.0 Å². The molecule has 8 rings (SSSR count). The van der Waals surface area contributed by atoms with Crippen LogP contribution in [0.15, 0.2) is 36.4 Å². The van der Waals surface area contributed by atoms with E-state index in [1.165, 1.54) is 60.0 Å². The van der Waals surface area contributed by atoms with Crippen LogP contribution >= 0.6 is 0 Å². The number of hydrogen-bond acceptors (Lipinski definition) is 8. The average molecular weight is 779 g/mol. The van der Waals surface area contributed by atoms with E-state index in [0.29, 0.717) is 55.6 Å². The number of carbonyl (C=O) groups excluding carboxylic acids is 2. The minimum Gasteiger partial charge on any atom is -0.508 e. The number of rotatable bonds is 11. The van der Waals surface area contributed by atoms with Crippen molar-refractivity contribution in [3.8, 4) is 11.5 Å². The number of hydrogen-bond donors (Lipinski definition) is 5. The molecule has 3 aliphatic heterocycles. The molecule has 0 radical (unpaired) electrons. The lowest BCUT2D eigenvalue weighted by molar-refractivity contribution is -0.125. The molecule has 3 aliphatic carbocycles. The van der Waals surface area contributed by atoms with Gasteiger partial charge in [0.25, 0.3) is 10.2 Å². The molecular weight excluding hydrogens is 717 g/mol. The van der Waals surface area contributed by atoms with E-state index in [0.717, 1.165) is 57.5 Å². The van der Waals surface area contributed by atoms with E-state index in [1.807, 2.05) is 24.3 Å². The first kappa shape index (κ1) is 40.0. The lowest BCUT2D eigenvalue weighted by Crippen LogP contribution is -2.60. The maximum atomic E-state index is 12.5. The van der Waals surface area contributed by atoms with E-state index in [4.69, 9.17) is 0 Å². The first-order chi connectivity index (χ1) is 26.1. The number of likely N-dealkylation sites (tertiary alicyclic amines) is 2. The Labute approximate surface area is 327 Å². The van der Waals surface area contributed by atoms with Gasteiger partial charge in [0.15, 0.2) is 0 Å². The molecule has 2 amide bonds. The van der Waals surface area contributed by atoms with Gasteiger partial charge in [0, 0.05) is 63.1 Å². The Bertz CT molecular complexity index is 1870. The fourth-order valence-corrected chi connectivity index (χ4v) is 11.5. The van der Waals surface area contributed by atoms with Crippen molar-refractivity contribution in [2.75, 3.05) is 53.9 Å². The molecule has 0 unspecified atom stereocenters. The summed E-state index contributed by atoms with van der Waals surface area (Å²) < 4.78 is 28.0. The molecule has 302 valence electrons. The van der Waals surface area contributed by atoms with Gasteiger partial charge in [0.05, 0.1) is 0 Å². The molecule has 55 heavy (non-hydrogen) atoms. The zero-order valence-corrected chi connectivity index (χ0v) is 34.1. The molecule has 4 bridgehead atoms. The molecule has 6 aliphatic rings. The highest BCUT2D eigenvalue weighted by Gasteiger charge is 2.52. The summed E-state index contributed by atoms with van der Waals surface area (Å²) in [5.74, 6) is 2.27. The third-order valence-electron chi connectivity index (χ3n) is 14.5. The number of phenols is 2. The van der Waals surface area contributed by atoms with Crippen LogP contribution in [0.5, 0.6) is 11.5 Å². The van der Waals surface area contributed by atoms with Gasteiger partial charge in [-0.2, -0.15) is 12.7 Å². The van der Waals surface area contributed by atoms with Crippen molar-refractivity contribution in [2.45, 2.75) is 107 Å². The molecule has 3 heterocycles. The van der Waals surface area contributed by atoms with E-state index in [2.05, 4.69) is 52.1 Å². The normalized spacial score (nSPS) is 31.5. The van der Waals surface area contributed by atoms with Crippen molar-refractivity contribution in [1.82, 2.24) is 29.5 Å². The molecule has 3 saturated heterocycles. The summed E-state index contributed by atoms with van der Waals surface area (Å²) in [6, 6.07) is 12.2. The van der Waals surface area contributed by atoms with Crippen molar-refractivity contribution in [3.05, 3.63) is 58.7 Å². The maximum Gasteiger partial charge on any atom is 0.278 e. The Morgan fingerprint density at radius 3 is 2.05 bits per heavy atom. The topological polar surface area (TPSA) is 155 Å². The molecular formula is C42H62N6O6S. The number of benzene rings is 2. The van der Waals surface area contributed by atoms with E-state index in [-0.39, 0.29) is 34.4 Å². The molecule has 0 spiro atoms. The summed E-state index contributed by atoms with van der Waals surface area (Å²) in [5, 5.41) is 26.1. The minimum absolute atomic E-state index is 0.0246. The van der Waals surface area contributed by atoms with Gasteiger partial charge >= 0.3 is 0 Å². The van der Waals surface area contributed by atoms with Crippen molar-refractivity contribution >= 4 is 22.0 Å². The van der Waals surface area contributed by atoms with Crippen LogP contribution in [0.25, 0.3) is 0 Å². The quantitative estimate of drug-likeness (QED) is 0.233.